The third-order valence-corrected chi connectivity index (χ3v) is 1.97. The SMILES string of the molecule is C=C(C(=O)OC)C(C)(C)C.C=CS(=O)(=O)O. The molecule has 0 aromatic heterocycles. The largest absolute Gasteiger partial charge is 0.466 e. The first-order chi connectivity index (χ1) is 6.95. The van der Waals surface area contributed by atoms with Gasteiger partial charge in [0, 0.05) is 5.57 Å². The van der Waals surface area contributed by atoms with Gasteiger partial charge < -0.3 is 4.74 Å². The molecule has 0 aliphatic rings. The molecule has 0 heterocycles. The van der Waals surface area contributed by atoms with Crippen LogP contribution in [0.1, 0.15) is 20.8 Å². The van der Waals surface area contributed by atoms with E-state index in [1.54, 1.807) is 0 Å². The van der Waals surface area contributed by atoms with Crippen molar-refractivity contribution in [3.05, 3.63) is 24.1 Å². The van der Waals surface area contributed by atoms with Gasteiger partial charge in [-0.1, -0.05) is 33.9 Å². The van der Waals surface area contributed by atoms with E-state index in [4.69, 9.17) is 4.55 Å². The van der Waals surface area contributed by atoms with Gasteiger partial charge in [0.05, 0.1) is 12.5 Å². The number of methoxy groups -OCH3 is 1. The number of esters is 1. The van der Waals surface area contributed by atoms with E-state index in [2.05, 4.69) is 17.9 Å². The Bertz CT molecular complexity index is 348. The summed E-state index contributed by atoms with van der Waals surface area (Å²) in [7, 11) is -2.54. The van der Waals surface area contributed by atoms with Crippen molar-refractivity contribution < 1.29 is 22.5 Å². The summed E-state index contributed by atoms with van der Waals surface area (Å²) in [5.41, 5.74) is 0.322. The van der Waals surface area contributed by atoms with Crippen LogP contribution in [0.2, 0.25) is 0 Å². The second-order valence-electron chi connectivity index (χ2n) is 3.90. The molecule has 0 aliphatic carbocycles. The molecule has 0 aromatic carbocycles. The van der Waals surface area contributed by atoms with Crippen molar-refractivity contribution in [2.45, 2.75) is 20.8 Å². The standard InChI is InChI=1S/C8H14O2.C2H4O3S/c1-6(7(9)10-5)8(2,3)4;1-2-6(3,4)5/h1H2,2-5H3;2H,1H2,(H,3,4,5). The molecule has 16 heavy (non-hydrogen) atoms. The van der Waals surface area contributed by atoms with Gasteiger partial charge in [-0.3, -0.25) is 4.55 Å². The minimum absolute atomic E-state index is 0.187. The van der Waals surface area contributed by atoms with Gasteiger partial charge in [-0.15, -0.1) is 0 Å². The lowest BCUT2D eigenvalue weighted by molar-refractivity contribution is -0.137. The van der Waals surface area contributed by atoms with Crippen LogP contribution in [0.5, 0.6) is 0 Å². The molecule has 0 atom stereocenters. The molecule has 0 aliphatic heterocycles. The monoisotopic (exact) mass is 250 g/mol. The number of hydrogen-bond donors (Lipinski definition) is 1. The van der Waals surface area contributed by atoms with Gasteiger partial charge in [0.15, 0.2) is 0 Å². The maximum Gasteiger partial charge on any atom is 0.333 e. The zero-order valence-corrected chi connectivity index (χ0v) is 10.8. The van der Waals surface area contributed by atoms with Crippen LogP contribution in [0.3, 0.4) is 0 Å². The van der Waals surface area contributed by atoms with E-state index in [-0.39, 0.29) is 11.4 Å². The quantitative estimate of drug-likeness (QED) is 0.459. The molecule has 0 saturated heterocycles. The molecular formula is C10H18O5S. The molecule has 0 bridgehead atoms. The van der Waals surface area contributed by atoms with Crippen LogP contribution in [0, 0.1) is 5.41 Å². The zero-order valence-electron chi connectivity index (χ0n) is 9.98. The Kier molecular flexibility index (Phi) is 6.95. The molecule has 0 unspecified atom stereocenters. The summed E-state index contributed by atoms with van der Waals surface area (Å²) in [5, 5.41) is 0.465. The predicted molar refractivity (Wildman–Crippen MR) is 62.4 cm³/mol. The van der Waals surface area contributed by atoms with Crippen molar-refractivity contribution in [1.29, 1.82) is 0 Å². The summed E-state index contributed by atoms with van der Waals surface area (Å²) in [6.07, 6.45) is 0. The van der Waals surface area contributed by atoms with E-state index in [0.29, 0.717) is 11.0 Å². The Morgan fingerprint density at radius 2 is 1.69 bits per heavy atom. The van der Waals surface area contributed by atoms with Crippen molar-refractivity contribution in [2.24, 2.45) is 5.41 Å². The Hall–Kier alpha value is -1.14. The van der Waals surface area contributed by atoms with E-state index in [1.165, 1.54) is 7.11 Å². The van der Waals surface area contributed by atoms with Gasteiger partial charge >= 0.3 is 5.97 Å². The van der Waals surface area contributed by atoms with Gasteiger partial charge in [-0.05, 0) is 5.41 Å². The fourth-order valence-corrected chi connectivity index (χ4v) is 0.429. The van der Waals surface area contributed by atoms with Gasteiger partial charge in [0.2, 0.25) is 0 Å². The number of ether oxygens (including phenoxy) is 1. The van der Waals surface area contributed by atoms with Crippen LogP contribution < -0.4 is 0 Å². The van der Waals surface area contributed by atoms with Crippen LogP contribution in [-0.4, -0.2) is 26.0 Å². The van der Waals surface area contributed by atoms with Gasteiger partial charge in [0.25, 0.3) is 10.1 Å². The molecule has 1 N–H and O–H groups in total. The Labute approximate surface area is 96.6 Å². The first kappa shape index (κ1) is 17.3. The van der Waals surface area contributed by atoms with E-state index in [0.717, 1.165) is 0 Å². The summed E-state index contributed by atoms with van der Waals surface area (Å²) < 4.78 is 31.1. The fourth-order valence-electron chi connectivity index (χ4n) is 0.429. The topological polar surface area (TPSA) is 80.7 Å². The molecule has 0 amide bonds. The highest BCUT2D eigenvalue weighted by Crippen LogP contribution is 2.23. The molecule has 5 nitrogen and oxygen atoms in total. The molecule has 6 heteroatoms. The molecule has 0 aromatic rings. The van der Waals surface area contributed by atoms with Crippen LogP contribution >= 0.6 is 0 Å². The van der Waals surface area contributed by atoms with Gasteiger partial charge in [-0.25, -0.2) is 4.79 Å². The minimum Gasteiger partial charge on any atom is -0.466 e. The average Bonchev–Trinajstić information content (AvgIpc) is 2.14. The summed E-state index contributed by atoms with van der Waals surface area (Å²) in [4.78, 5) is 10.8. The van der Waals surface area contributed by atoms with Crippen molar-refractivity contribution in [3.63, 3.8) is 0 Å². The third kappa shape index (κ3) is 9.42. The van der Waals surface area contributed by atoms with E-state index < -0.39 is 10.1 Å². The molecule has 0 spiro atoms. The van der Waals surface area contributed by atoms with Crippen LogP contribution in [0.25, 0.3) is 0 Å². The summed E-state index contributed by atoms with van der Waals surface area (Å²) in [6.45, 7) is 12.2. The van der Waals surface area contributed by atoms with Crippen molar-refractivity contribution in [1.82, 2.24) is 0 Å². The molecule has 94 valence electrons. The molecule has 0 fully saturated rings. The zero-order chi connectivity index (χ0) is 13.6. The van der Waals surface area contributed by atoms with E-state index in [1.807, 2.05) is 20.8 Å². The van der Waals surface area contributed by atoms with Gasteiger partial charge in [0.1, 0.15) is 0 Å². The normalized spacial score (nSPS) is 10.8. The molecule has 0 saturated carbocycles. The predicted octanol–water partition coefficient (Wildman–Crippen LogP) is 1.78. The minimum atomic E-state index is -3.90. The van der Waals surface area contributed by atoms with Crippen molar-refractivity contribution in [3.8, 4) is 0 Å². The number of carbonyl (C=O) groups excluding carboxylic acids is 1. The number of rotatable bonds is 2. The van der Waals surface area contributed by atoms with Crippen molar-refractivity contribution in [2.75, 3.05) is 7.11 Å². The second kappa shape index (κ2) is 6.44. The third-order valence-electron chi connectivity index (χ3n) is 1.55. The first-order valence-electron chi connectivity index (χ1n) is 4.33. The summed E-state index contributed by atoms with van der Waals surface area (Å²) >= 11 is 0. The highest BCUT2D eigenvalue weighted by Gasteiger charge is 2.21. The van der Waals surface area contributed by atoms with E-state index in [9.17, 15) is 13.2 Å². The number of carbonyl (C=O) groups is 1. The maximum atomic E-state index is 10.8. The lowest BCUT2D eigenvalue weighted by Crippen LogP contribution is -2.17. The lowest BCUT2D eigenvalue weighted by Gasteiger charge is -2.18. The summed E-state index contributed by atoms with van der Waals surface area (Å²) in [5.74, 6) is -0.326. The highest BCUT2D eigenvalue weighted by atomic mass is 32.2. The summed E-state index contributed by atoms with van der Waals surface area (Å²) in [6, 6.07) is 0. The van der Waals surface area contributed by atoms with Crippen LogP contribution in [0.15, 0.2) is 24.1 Å². The average molecular weight is 250 g/mol. The molecule has 0 rings (SSSR count). The highest BCUT2D eigenvalue weighted by molar-refractivity contribution is 7.88. The maximum absolute atomic E-state index is 10.8. The number of hydrogen-bond acceptors (Lipinski definition) is 4. The Balaban J connectivity index is 0. The first-order valence-corrected chi connectivity index (χ1v) is 5.83. The molecule has 0 radical (unpaired) electrons. The molecular weight excluding hydrogens is 232 g/mol. The fraction of sp³-hybridized carbons (Fsp3) is 0.500. The van der Waals surface area contributed by atoms with E-state index >= 15 is 0 Å². The Morgan fingerprint density at radius 1 is 1.38 bits per heavy atom. The lowest BCUT2D eigenvalue weighted by atomic mass is 9.88. The van der Waals surface area contributed by atoms with Crippen LogP contribution in [-0.2, 0) is 19.6 Å². The van der Waals surface area contributed by atoms with Crippen LogP contribution in [0.4, 0.5) is 0 Å². The van der Waals surface area contributed by atoms with Crippen molar-refractivity contribution >= 4 is 16.1 Å². The van der Waals surface area contributed by atoms with Gasteiger partial charge in [-0.2, -0.15) is 8.42 Å². The smallest absolute Gasteiger partial charge is 0.333 e. The second-order valence-corrected chi connectivity index (χ2v) is 5.27. The Morgan fingerprint density at radius 3 is 1.75 bits per heavy atom.